The second-order valence-corrected chi connectivity index (χ2v) is 5.00. The lowest BCUT2D eigenvalue weighted by Gasteiger charge is -2.24. The SMILES string of the molecule is COCCCNCC(C)N1CCC(COC)C1. The summed E-state index contributed by atoms with van der Waals surface area (Å²) in [5.74, 6) is 0.732. The first kappa shape index (κ1) is 14.9. The molecule has 0 saturated carbocycles. The maximum absolute atomic E-state index is 5.22. The Bertz CT molecular complexity index is 190. The molecule has 4 nitrogen and oxygen atoms in total. The lowest BCUT2D eigenvalue weighted by Crippen LogP contribution is -2.39. The number of methoxy groups -OCH3 is 2. The third-order valence-electron chi connectivity index (χ3n) is 3.48. The van der Waals surface area contributed by atoms with Gasteiger partial charge in [0.05, 0.1) is 6.61 Å². The number of likely N-dealkylation sites (tertiary alicyclic amines) is 1. The minimum absolute atomic E-state index is 0.624. The minimum atomic E-state index is 0.624. The van der Waals surface area contributed by atoms with Crippen LogP contribution < -0.4 is 5.32 Å². The smallest absolute Gasteiger partial charge is 0.0503 e. The molecule has 4 heteroatoms. The highest BCUT2D eigenvalue weighted by atomic mass is 16.5. The molecule has 2 unspecified atom stereocenters. The first-order valence-electron chi connectivity index (χ1n) is 6.70. The molecule has 1 aliphatic rings. The van der Waals surface area contributed by atoms with Gasteiger partial charge in [-0.05, 0) is 38.8 Å². The Hall–Kier alpha value is -0.160. The fourth-order valence-electron chi connectivity index (χ4n) is 2.42. The maximum atomic E-state index is 5.22. The largest absolute Gasteiger partial charge is 0.385 e. The molecule has 1 aliphatic heterocycles. The number of hydrogen-bond donors (Lipinski definition) is 1. The third kappa shape index (κ3) is 5.82. The van der Waals surface area contributed by atoms with Crippen LogP contribution in [0.3, 0.4) is 0 Å². The molecule has 0 bridgehead atoms. The van der Waals surface area contributed by atoms with E-state index in [0.29, 0.717) is 6.04 Å². The van der Waals surface area contributed by atoms with Gasteiger partial charge in [0.15, 0.2) is 0 Å². The Labute approximate surface area is 106 Å². The molecule has 1 saturated heterocycles. The highest BCUT2D eigenvalue weighted by Gasteiger charge is 2.25. The van der Waals surface area contributed by atoms with E-state index in [9.17, 15) is 0 Å². The van der Waals surface area contributed by atoms with Crippen LogP contribution in [-0.2, 0) is 9.47 Å². The number of rotatable bonds is 9. The van der Waals surface area contributed by atoms with E-state index < -0.39 is 0 Å². The topological polar surface area (TPSA) is 33.7 Å². The summed E-state index contributed by atoms with van der Waals surface area (Å²) in [6.45, 7) is 8.59. The van der Waals surface area contributed by atoms with E-state index in [-0.39, 0.29) is 0 Å². The van der Waals surface area contributed by atoms with E-state index in [4.69, 9.17) is 9.47 Å². The van der Waals surface area contributed by atoms with Gasteiger partial charge < -0.3 is 14.8 Å². The summed E-state index contributed by atoms with van der Waals surface area (Å²) >= 11 is 0. The molecule has 17 heavy (non-hydrogen) atoms. The fourth-order valence-corrected chi connectivity index (χ4v) is 2.42. The molecule has 1 rings (SSSR count). The van der Waals surface area contributed by atoms with Gasteiger partial charge in [0, 0.05) is 40.0 Å². The van der Waals surface area contributed by atoms with E-state index in [0.717, 1.165) is 38.6 Å². The molecule has 0 amide bonds. The molecular weight excluding hydrogens is 216 g/mol. The molecule has 0 aliphatic carbocycles. The highest BCUT2D eigenvalue weighted by molar-refractivity contribution is 4.80. The van der Waals surface area contributed by atoms with Gasteiger partial charge in [-0.15, -0.1) is 0 Å². The molecule has 0 spiro atoms. The van der Waals surface area contributed by atoms with Crippen LogP contribution in [0.1, 0.15) is 19.8 Å². The Morgan fingerprint density at radius 1 is 1.35 bits per heavy atom. The second-order valence-electron chi connectivity index (χ2n) is 5.00. The summed E-state index contributed by atoms with van der Waals surface area (Å²) in [7, 11) is 3.55. The number of ether oxygens (including phenoxy) is 2. The normalized spacial score (nSPS) is 23.1. The van der Waals surface area contributed by atoms with E-state index in [1.54, 1.807) is 14.2 Å². The monoisotopic (exact) mass is 244 g/mol. The average molecular weight is 244 g/mol. The number of nitrogens with one attached hydrogen (secondary N) is 1. The van der Waals surface area contributed by atoms with Crippen molar-refractivity contribution in [2.45, 2.75) is 25.8 Å². The number of nitrogens with zero attached hydrogens (tertiary/aromatic N) is 1. The van der Waals surface area contributed by atoms with Crippen LogP contribution in [0.15, 0.2) is 0 Å². The molecule has 1 N–H and O–H groups in total. The van der Waals surface area contributed by atoms with E-state index in [1.807, 2.05) is 0 Å². The molecule has 0 radical (unpaired) electrons. The highest BCUT2D eigenvalue weighted by Crippen LogP contribution is 2.18. The van der Waals surface area contributed by atoms with Crippen molar-refractivity contribution in [3.8, 4) is 0 Å². The quantitative estimate of drug-likeness (QED) is 0.613. The fraction of sp³-hybridized carbons (Fsp3) is 1.00. The van der Waals surface area contributed by atoms with Crippen molar-refractivity contribution in [3.05, 3.63) is 0 Å². The van der Waals surface area contributed by atoms with Crippen LogP contribution in [0.4, 0.5) is 0 Å². The van der Waals surface area contributed by atoms with Crippen LogP contribution in [0.5, 0.6) is 0 Å². The first-order valence-corrected chi connectivity index (χ1v) is 6.70. The van der Waals surface area contributed by atoms with Gasteiger partial charge in [-0.2, -0.15) is 0 Å². The summed E-state index contributed by atoms with van der Waals surface area (Å²) < 4.78 is 10.2. The summed E-state index contributed by atoms with van der Waals surface area (Å²) in [5.41, 5.74) is 0. The third-order valence-corrected chi connectivity index (χ3v) is 3.48. The van der Waals surface area contributed by atoms with Crippen molar-refractivity contribution in [3.63, 3.8) is 0 Å². The van der Waals surface area contributed by atoms with Gasteiger partial charge in [-0.25, -0.2) is 0 Å². The molecule has 1 heterocycles. The van der Waals surface area contributed by atoms with E-state index in [1.165, 1.54) is 19.5 Å². The maximum Gasteiger partial charge on any atom is 0.0503 e. The zero-order valence-electron chi connectivity index (χ0n) is 11.6. The second kappa shape index (κ2) is 8.86. The predicted molar refractivity (Wildman–Crippen MR) is 70.4 cm³/mol. The van der Waals surface area contributed by atoms with Crippen LogP contribution in [-0.4, -0.2) is 64.6 Å². The van der Waals surface area contributed by atoms with Crippen LogP contribution in [0, 0.1) is 5.92 Å². The average Bonchev–Trinajstić information content (AvgIpc) is 2.78. The van der Waals surface area contributed by atoms with Crippen molar-refractivity contribution >= 4 is 0 Å². The van der Waals surface area contributed by atoms with Crippen molar-refractivity contribution < 1.29 is 9.47 Å². The van der Waals surface area contributed by atoms with Gasteiger partial charge in [-0.3, -0.25) is 4.90 Å². The van der Waals surface area contributed by atoms with E-state index >= 15 is 0 Å². The Balaban J connectivity index is 2.05. The minimum Gasteiger partial charge on any atom is -0.385 e. The lowest BCUT2D eigenvalue weighted by molar-refractivity contribution is 0.148. The predicted octanol–water partition coefficient (Wildman–Crippen LogP) is 0.969. The van der Waals surface area contributed by atoms with Crippen LogP contribution in [0.25, 0.3) is 0 Å². The summed E-state index contributed by atoms with van der Waals surface area (Å²) in [6, 6.07) is 0.624. The molecule has 1 fully saturated rings. The van der Waals surface area contributed by atoms with Crippen molar-refractivity contribution in [1.29, 1.82) is 0 Å². The summed E-state index contributed by atoms with van der Waals surface area (Å²) in [5, 5.41) is 3.49. The lowest BCUT2D eigenvalue weighted by atomic mass is 10.1. The van der Waals surface area contributed by atoms with Gasteiger partial charge in [0.1, 0.15) is 0 Å². The van der Waals surface area contributed by atoms with Crippen molar-refractivity contribution in [2.24, 2.45) is 5.92 Å². The molecule has 0 aromatic rings. The van der Waals surface area contributed by atoms with Gasteiger partial charge in [-0.1, -0.05) is 0 Å². The molecule has 102 valence electrons. The van der Waals surface area contributed by atoms with Gasteiger partial charge in [0.2, 0.25) is 0 Å². The van der Waals surface area contributed by atoms with Gasteiger partial charge in [0.25, 0.3) is 0 Å². The Morgan fingerprint density at radius 2 is 2.18 bits per heavy atom. The molecule has 0 aromatic heterocycles. The van der Waals surface area contributed by atoms with Crippen molar-refractivity contribution in [2.75, 3.05) is 53.6 Å². The number of hydrogen-bond acceptors (Lipinski definition) is 4. The summed E-state index contributed by atoms with van der Waals surface area (Å²) in [4.78, 5) is 2.56. The first-order chi connectivity index (χ1) is 8.27. The Kier molecular flexibility index (Phi) is 7.77. The molecular formula is C13H28N2O2. The van der Waals surface area contributed by atoms with Crippen molar-refractivity contribution in [1.82, 2.24) is 10.2 Å². The van der Waals surface area contributed by atoms with Gasteiger partial charge >= 0.3 is 0 Å². The van der Waals surface area contributed by atoms with Crippen LogP contribution in [0.2, 0.25) is 0 Å². The summed E-state index contributed by atoms with van der Waals surface area (Å²) in [6.07, 6.45) is 2.37. The zero-order valence-corrected chi connectivity index (χ0v) is 11.6. The van der Waals surface area contributed by atoms with E-state index in [2.05, 4.69) is 17.1 Å². The Morgan fingerprint density at radius 3 is 2.88 bits per heavy atom. The zero-order chi connectivity index (χ0) is 12.5. The molecule has 0 aromatic carbocycles. The molecule has 2 atom stereocenters. The van der Waals surface area contributed by atoms with Crippen LogP contribution >= 0.6 is 0 Å². The standard InChI is InChI=1S/C13H28N2O2/c1-12(9-14-6-4-8-16-2)15-7-5-13(10-15)11-17-3/h12-14H,4-11H2,1-3H3.